The summed E-state index contributed by atoms with van der Waals surface area (Å²) >= 11 is 0. The number of nitrogens with one attached hydrogen (secondary N) is 1. The lowest BCUT2D eigenvalue weighted by molar-refractivity contribution is -0.111. The fraction of sp³-hybridized carbons (Fsp3) is 0.125. The second-order valence-electron chi connectivity index (χ2n) is 7.31. The molecule has 4 rings (SSSR count). The first-order chi connectivity index (χ1) is 14.5. The van der Waals surface area contributed by atoms with Gasteiger partial charge in [0.15, 0.2) is 0 Å². The minimum atomic E-state index is -0.315. The van der Waals surface area contributed by atoms with Gasteiger partial charge in [-0.25, -0.2) is 4.39 Å². The molecule has 1 N–H and O–H groups in total. The van der Waals surface area contributed by atoms with E-state index in [-0.39, 0.29) is 11.7 Å². The minimum Gasteiger partial charge on any atom is -0.322 e. The van der Waals surface area contributed by atoms with Gasteiger partial charge in [0.05, 0.1) is 5.69 Å². The van der Waals surface area contributed by atoms with Gasteiger partial charge in [-0.15, -0.1) is 10.2 Å². The molecule has 0 radical (unpaired) electrons. The smallest absolute Gasteiger partial charge is 0.248 e. The number of benzene rings is 3. The van der Waals surface area contributed by atoms with Crippen molar-refractivity contribution in [3.05, 3.63) is 89.8 Å². The van der Waals surface area contributed by atoms with Gasteiger partial charge in [-0.1, -0.05) is 38.1 Å². The Balaban J connectivity index is 1.46. The van der Waals surface area contributed by atoms with Crippen LogP contribution in [-0.4, -0.2) is 20.9 Å². The summed E-state index contributed by atoms with van der Waals surface area (Å²) in [6.45, 7) is 4.29. The van der Waals surface area contributed by atoms with E-state index in [0.717, 1.165) is 5.56 Å². The van der Waals surface area contributed by atoms with Gasteiger partial charge in [0, 0.05) is 11.8 Å². The van der Waals surface area contributed by atoms with Crippen LogP contribution in [0.25, 0.3) is 22.8 Å². The van der Waals surface area contributed by atoms with E-state index in [1.807, 2.05) is 12.1 Å². The summed E-state index contributed by atoms with van der Waals surface area (Å²) in [4.78, 5) is 13.7. The number of halogens is 1. The molecule has 1 heterocycles. The molecule has 0 saturated heterocycles. The molecule has 0 atom stereocenters. The van der Waals surface area contributed by atoms with Crippen molar-refractivity contribution in [3.63, 3.8) is 0 Å². The van der Waals surface area contributed by atoms with Gasteiger partial charge in [-0.2, -0.15) is 4.80 Å². The van der Waals surface area contributed by atoms with Crippen molar-refractivity contribution in [1.29, 1.82) is 0 Å². The molecule has 0 bridgehead atoms. The number of carbonyl (C=O) groups excluding carboxylic acids is 1. The molecule has 0 fully saturated rings. The van der Waals surface area contributed by atoms with E-state index < -0.39 is 0 Å². The number of carbonyl (C=O) groups is 1. The van der Waals surface area contributed by atoms with Gasteiger partial charge in [0.25, 0.3) is 0 Å². The minimum absolute atomic E-state index is 0.229. The summed E-state index contributed by atoms with van der Waals surface area (Å²) in [5.74, 6) is -0.0696. The van der Waals surface area contributed by atoms with Crippen molar-refractivity contribution in [1.82, 2.24) is 15.0 Å². The number of hydrogen-bond acceptors (Lipinski definition) is 3. The number of rotatable bonds is 5. The molecular formula is C24H21FN4O. The maximum Gasteiger partial charge on any atom is 0.248 e. The molecule has 3 aromatic carbocycles. The highest BCUT2D eigenvalue weighted by Gasteiger charge is 2.07. The predicted molar refractivity (Wildman–Crippen MR) is 117 cm³/mol. The van der Waals surface area contributed by atoms with E-state index >= 15 is 0 Å². The number of anilines is 1. The van der Waals surface area contributed by atoms with Crippen LogP contribution in [0, 0.1) is 5.82 Å². The second-order valence-corrected chi connectivity index (χ2v) is 7.31. The number of fused-ring (bicyclic) bond motifs is 1. The first-order valence-corrected chi connectivity index (χ1v) is 9.70. The fourth-order valence-corrected chi connectivity index (χ4v) is 3.03. The van der Waals surface area contributed by atoms with Crippen molar-refractivity contribution in [2.24, 2.45) is 0 Å². The Kier molecular flexibility index (Phi) is 5.39. The maximum absolute atomic E-state index is 13.1. The van der Waals surface area contributed by atoms with Crippen LogP contribution < -0.4 is 5.32 Å². The van der Waals surface area contributed by atoms with E-state index in [2.05, 4.69) is 41.5 Å². The average molecular weight is 400 g/mol. The monoisotopic (exact) mass is 400 g/mol. The van der Waals surface area contributed by atoms with Crippen LogP contribution in [0.2, 0.25) is 0 Å². The van der Waals surface area contributed by atoms with Crippen molar-refractivity contribution in [3.8, 4) is 5.69 Å². The van der Waals surface area contributed by atoms with Gasteiger partial charge >= 0.3 is 0 Å². The summed E-state index contributed by atoms with van der Waals surface area (Å²) in [6, 6.07) is 19.4. The third kappa shape index (κ3) is 4.43. The Morgan fingerprint density at radius 3 is 2.37 bits per heavy atom. The van der Waals surface area contributed by atoms with E-state index in [1.54, 1.807) is 36.4 Å². The van der Waals surface area contributed by atoms with Gasteiger partial charge < -0.3 is 5.32 Å². The van der Waals surface area contributed by atoms with E-state index in [9.17, 15) is 9.18 Å². The van der Waals surface area contributed by atoms with Crippen LogP contribution in [0.3, 0.4) is 0 Å². The highest BCUT2D eigenvalue weighted by molar-refractivity contribution is 6.02. The zero-order chi connectivity index (χ0) is 21.1. The van der Waals surface area contributed by atoms with E-state index in [0.29, 0.717) is 28.3 Å². The van der Waals surface area contributed by atoms with Gasteiger partial charge in [-0.05, 0) is 65.6 Å². The first kappa shape index (κ1) is 19.5. The largest absolute Gasteiger partial charge is 0.322 e. The molecule has 0 aliphatic carbocycles. The predicted octanol–water partition coefficient (Wildman–Crippen LogP) is 5.33. The Labute approximate surface area is 173 Å². The zero-order valence-electron chi connectivity index (χ0n) is 16.7. The first-order valence-electron chi connectivity index (χ1n) is 9.70. The standard InChI is InChI=1S/C24H21FN4O/c1-16(2)18-6-3-17(4-7-18)5-14-24(30)26-20-10-13-22-23(15-20)28-29(27-22)21-11-8-19(25)9-12-21/h3-16H,1-2H3,(H,26,30)/b14-5+. The van der Waals surface area contributed by atoms with Crippen LogP contribution in [0.4, 0.5) is 10.1 Å². The van der Waals surface area contributed by atoms with Crippen LogP contribution in [-0.2, 0) is 4.79 Å². The second kappa shape index (κ2) is 8.29. The SMILES string of the molecule is CC(C)c1ccc(/C=C/C(=O)Nc2ccc3nn(-c4ccc(F)cc4)nc3c2)cc1. The van der Waals surface area contributed by atoms with E-state index in [4.69, 9.17) is 0 Å². The molecule has 0 unspecified atom stereocenters. The highest BCUT2D eigenvalue weighted by Crippen LogP contribution is 2.18. The summed E-state index contributed by atoms with van der Waals surface area (Å²) in [5.41, 5.74) is 4.82. The normalized spacial score (nSPS) is 11.5. The van der Waals surface area contributed by atoms with Crippen LogP contribution in [0.5, 0.6) is 0 Å². The molecule has 0 saturated carbocycles. The molecule has 0 spiro atoms. The number of amides is 1. The Bertz CT molecular complexity index is 1210. The highest BCUT2D eigenvalue weighted by atomic mass is 19.1. The van der Waals surface area contributed by atoms with Crippen molar-refractivity contribution in [2.75, 3.05) is 5.32 Å². The third-order valence-corrected chi connectivity index (χ3v) is 4.74. The molecule has 1 amide bonds. The summed E-state index contributed by atoms with van der Waals surface area (Å²) < 4.78 is 13.1. The Hall–Kier alpha value is -3.80. The lowest BCUT2D eigenvalue weighted by Crippen LogP contribution is -2.07. The number of hydrogen-bond donors (Lipinski definition) is 1. The molecule has 150 valence electrons. The molecule has 5 nitrogen and oxygen atoms in total. The van der Waals surface area contributed by atoms with E-state index in [1.165, 1.54) is 28.6 Å². The van der Waals surface area contributed by atoms with Crippen LogP contribution in [0.15, 0.2) is 72.8 Å². The van der Waals surface area contributed by atoms with Gasteiger partial charge in [0.2, 0.25) is 5.91 Å². The van der Waals surface area contributed by atoms with Gasteiger partial charge in [0.1, 0.15) is 16.9 Å². The van der Waals surface area contributed by atoms with Crippen molar-refractivity contribution >= 4 is 28.7 Å². The molecule has 1 aromatic heterocycles. The quantitative estimate of drug-likeness (QED) is 0.460. The molecule has 0 aliphatic rings. The third-order valence-electron chi connectivity index (χ3n) is 4.74. The Morgan fingerprint density at radius 1 is 0.967 bits per heavy atom. The molecule has 4 aromatic rings. The summed E-state index contributed by atoms with van der Waals surface area (Å²) in [6.07, 6.45) is 3.28. The molecule has 6 heteroatoms. The lowest BCUT2D eigenvalue weighted by Gasteiger charge is -2.04. The summed E-state index contributed by atoms with van der Waals surface area (Å²) in [5, 5.41) is 11.6. The number of aromatic nitrogens is 3. The summed E-state index contributed by atoms with van der Waals surface area (Å²) in [7, 11) is 0. The average Bonchev–Trinajstić information content (AvgIpc) is 3.16. The maximum atomic E-state index is 13.1. The zero-order valence-corrected chi connectivity index (χ0v) is 16.7. The molecule has 30 heavy (non-hydrogen) atoms. The van der Waals surface area contributed by atoms with Crippen LogP contribution >= 0.6 is 0 Å². The lowest BCUT2D eigenvalue weighted by atomic mass is 10.0. The fourth-order valence-electron chi connectivity index (χ4n) is 3.03. The Morgan fingerprint density at radius 2 is 1.67 bits per heavy atom. The van der Waals surface area contributed by atoms with Crippen molar-refractivity contribution < 1.29 is 9.18 Å². The molecule has 0 aliphatic heterocycles. The van der Waals surface area contributed by atoms with Gasteiger partial charge in [-0.3, -0.25) is 4.79 Å². The number of nitrogens with zero attached hydrogens (tertiary/aromatic N) is 3. The topological polar surface area (TPSA) is 59.8 Å². The molecular weight excluding hydrogens is 379 g/mol. The van der Waals surface area contributed by atoms with Crippen LogP contribution in [0.1, 0.15) is 30.9 Å². The van der Waals surface area contributed by atoms with Crippen molar-refractivity contribution in [2.45, 2.75) is 19.8 Å².